The smallest absolute Gasteiger partial charge is 0.265 e. The molecular weight excluding hydrogens is 402 g/mol. The first kappa shape index (κ1) is 21.6. The Morgan fingerprint density at radius 3 is 2.38 bits per heavy atom. The van der Waals surface area contributed by atoms with Crippen molar-refractivity contribution in [2.45, 2.75) is 39.2 Å². The number of rotatable bonds is 7. The van der Waals surface area contributed by atoms with E-state index in [-0.39, 0.29) is 5.91 Å². The molecular formula is C25H29N5O2. The van der Waals surface area contributed by atoms with Crippen LogP contribution in [0.4, 0.5) is 23.1 Å². The summed E-state index contributed by atoms with van der Waals surface area (Å²) in [5.74, 6) is 2.01. The van der Waals surface area contributed by atoms with E-state index in [4.69, 9.17) is 9.72 Å². The lowest BCUT2D eigenvalue weighted by molar-refractivity contribution is -0.122. The highest BCUT2D eigenvalue weighted by Crippen LogP contribution is 2.22. The first-order valence-corrected chi connectivity index (χ1v) is 11.1. The third-order valence-corrected chi connectivity index (χ3v) is 5.33. The van der Waals surface area contributed by atoms with Crippen molar-refractivity contribution in [1.82, 2.24) is 9.97 Å². The third-order valence-electron chi connectivity index (χ3n) is 5.33. The van der Waals surface area contributed by atoms with Gasteiger partial charge in [-0.2, -0.15) is 4.98 Å². The highest BCUT2D eigenvalue weighted by molar-refractivity contribution is 5.94. The number of nitrogens with one attached hydrogen (secondary N) is 2. The van der Waals surface area contributed by atoms with Gasteiger partial charge in [-0.05, 0) is 69.5 Å². The second-order valence-corrected chi connectivity index (χ2v) is 8.01. The third kappa shape index (κ3) is 5.75. The Hall–Kier alpha value is -3.61. The number of hydrogen-bond acceptors (Lipinski definition) is 6. The topological polar surface area (TPSA) is 79.4 Å². The number of benzene rings is 2. The van der Waals surface area contributed by atoms with E-state index in [1.807, 2.05) is 67.6 Å². The van der Waals surface area contributed by atoms with Gasteiger partial charge in [0.05, 0.1) is 0 Å². The fraction of sp³-hybridized carbons (Fsp3) is 0.320. The fourth-order valence-corrected chi connectivity index (χ4v) is 3.64. The Morgan fingerprint density at radius 1 is 0.969 bits per heavy atom. The van der Waals surface area contributed by atoms with Crippen LogP contribution in [0.2, 0.25) is 0 Å². The number of ether oxygens (including phenoxy) is 1. The molecule has 2 aromatic carbocycles. The predicted molar refractivity (Wildman–Crippen MR) is 128 cm³/mol. The number of piperidine rings is 1. The van der Waals surface area contributed by atoms with Crippen LogP contribution in [0, 0.1) is 6.92 Å². The van der Waals surface area contributed by atoms with Gasteiger partial charge in [0.2, 0.25) is 5.95 Å². The standard InChI is InChI=1S/C25H29N5O2/c1-18-17-23(29-25(26-18)30-15-7-4-8-16-30)27-20-11-13-21(14-12-20)28-24(31)19(2)32-22-9-5-3-6-10-22/h3,5-6,9-14,17,19H,4,7-8,15-16H2,1-2H3,(H,28,31)(H,26,27,29). The van der Waals surface area contributed by atoms with E-state index in [9.17, 15) is 4.79 Å². The maximum atomic E-state index is 12.4. The molecule has 1 aromatic heterocycles. The van der Waals surface area contributed by atoms with Crippen LogP contribution >= 0.6 is 0 Å². The minimum absolute atomic E-state index is 0.202. The number of hydrogen-bond donors (Lipinski definition) is 2. The molecule has 0 spiro atoms. The Morgan fingerprint density at radius 2 is 1.66 bits per heavy atom. The number of amides is 1. The molecule has 0 bridgehead atoms. The largest absolute Gasteiger partial charge is 0.481 e. The molecule has 0 saturated carbocycles. The lowest BCUT2D eigenvalue weighted by Gasteiger charge is -2.27. The molecule has 1 aliphatic heterocycles. The number of aromatic nitrogens is 2. The molecule has 2 heterocycles. The van der Waals surface area contributed by atoms with E-state index in [0.717, 1.165) is 36.2 Å². The van der Waals surface area contributed by atoms with Crippen molar-refractivity contribution in [2.24, 2.45) is 0 Å². The van der Waals surface area contributed by atoms with Gasteiger partial charge in [-0.25, -0.2) is 4.98 Å². The van der Waals surface area contributed by atoms with Crippen LogP contribution in [-0.2, 0) is 4.79 Å². The molecule has 0 radical (unpaired) electrons. The van der Waals surface area contributed by atoms with Gasteiger partial charge in [0.15, 0.2) is 6.10 Å². The van der Waals surface area contributed by atoms with Gasteiger partial charge in [0.25, 0.3) is 5.91 Å². The first-order valence-electron chi connectivity index (χ1n) is 11.1. The van der Waals surface area contributed by atoms with E-state index < -0.39 is 6.10 Å². The average molecular weight is 432 g/mol. The summed E-state index contributed by atoms with van der Waals surface area (Å²) in [5, 5.41) is 6.24. The van der Waals surface area contributed by atoms with Crippen molar-refractivity contribution in [1.29, 1.82) is 0 Å². The van der Waals surface area contributed by atoms with Crippen molar-refractivity contribution in [3.63, 3.8) is 0 Å². The summed E-state index contributed by atoms with van der Waals surface area (Å²) in [4.78, 5) is 24.0. The highest BCUT2D eigenvalue weighted by Gasteiger charge is 2.16. The Kier molecular flexibility index (Phi) is 6.84. The minimum Gasteiger partial charge on any atom is -0.481 e. The molecule has 1 unspecified atom stereocenters. The molecule has 1 fully saturated rings. The maximum Gasteiger partial charge on any atom is 0.265 e. The van der Waals surface area contributed by atoms with Crippen LogP contribution in [0.25, 0.3) is 0 Å². The summed E-state index contributed by atoms with van der Waals surface area (Å²) in [7, 11) is 0. The number of para-hydroxylation sites is 1. The Balaban J connectivity index is 1.36. The average Bonchev–Trinajstić information content (AvgIpc) is 2.81. The lowest BCUT2D eigenvalue weighted by atomic mass is 10.1. The summed E-state index contributed by atoms with van der Waals surface area (Å²) in [6.45, 7) is 5.72. The molecule has 166 valence electrons. The molecule has 32 heavy (non-hydrogen) atoms. The van der Waals surface area contributed by atoms with Crippen molar-refractivity contribution < 1.29 is 9.53 Å². The zero-order chi connectivity index (χ0) is 22.3. The molecule has 2 N–H and O–H groups in total. The second kappa shape index (κ2) is 10.1. The Labute approximate surface area is 188 Å². The second-order valence-electron chi connectivity index (χ2n) is 8.01. The van der Waals surface area contributed by atoms with E-state index in [1.165, 1.54) is 19.3 Å². The number of carbonyl (C=O) groups is 1. The molecule has 1 saturated heterocycles. The predicted octanol–water partition coefficient (Wildman–Crippen LogP) is 4.92. The molecule has 4 rings (SSSR count). The van der Waals surface area contributed by atoms with E-state index in [1.54, 1.807) is 6.92 Å². The summed E-state index contributed by atoms with van der Waals surface area (Å²) < 4.78 is 5.68. The minimum atomic E-state index is -0.604. The number of carbonyl (C=O) groups excluding carboxylic acids is 1. The van der Waals surface area contributed by atoms with Crippen LogP contribution in [0.15, 0.2) is 60.7 Å². The van der Waals surface area contributed by atoms with Crippen LogP contribution in [0.3, 0.4) is 0 Å². The van der Waals surface area contributed by atoms with E-state index >= 15 is 0 Å². The Bertz CT molecular complexity index is 1030. The highest BCUT2D eigenvalue weighted by atomic mass is 16.5. The van der Waals surface area contributed by atoms with Gasteiger partial charge in [0, 0.05) is 36.2 Å². The molecule has 0 aliphatic carbocycles. The van der Waals surface area contributed by atoms with Gasteiger partial charge in [-0.3, -0.25) is 4.79 Å². The number of nitrogens with zero attached hydrogens (tertiary/aromatic N) is 3. The molecule has 1 aliphatic rings. The van der Waals surface area contributed by atoms with Crippen LogP contribution < -0.4 is 20.3 Å². The van der Waals surface area contributed by atoms with E-state index in [0.29, 0.717) is 11.4 Å². The molecule has 1 atom stereocenters. The van der Waals surface area contributed by atoms with Gasteiger partial charge < -0.3 is 20.3 Å². The van der Waals surface area contributed by atoms with Crippen molar-refractivity contribution in [2.75, 3.05) is 28.6 Å². The quantitative estimate of drug-likeness (QED) is 0.552. The van der Waals surface area contributed by atoms with Crippen LogP contribution in [0.1, 0.15) is 31.9 Å². The van der Waals surface area contributed by atoms with Crippen molar-refractivity contribution >= 4 is 29.0 Å². The van der Waals surface area contributed by atoms with Gasteiger partial charge in [-0.1, -0.05) is 18.2 Å². The monoisotopic (exact) mass is 431 g/mol. The van der Waals surface area contributed by atoms with Gasteiger partial charge >= 0.3 is 0 Å². The zero-order valence-electron chi connectivity index (χ0n) is 18.5. The maximum absolute atomic E-state index is 12.4. The van der Waals surface area contributed by atoms with Crippen molar-refractivity contribution in [3.8, 4) is 5.75 Å². The summed E-state index contributed by atoms with van der Waals surface area (Å²) in [6, 6.07) is 18.8. The summed E-state index contributed by atoms with van der Waals surface area (Å²) in [6.07, 6.45) is 3.03. The van der Waals surface area contributed by atoms with Crippen molar-refractivity contribution in [3.05, 3.63) is 66.4 Å². The summed E-state index contributed by atoms with van der Waals surface area (Å²) in [5.41, 5.74) is 2.52. The van der Waals surface area contributed by atoms with Gasteiger partial charge in [-0.15, -0.1) is 0 Å². The zero-order valence-corrected chi connectivity index (χ0v) is 18.5. The molecule has 3 aromatic rings. The number of anilines is 4. The van der Waals surface area contributed by atoms with E-state index in [2.05, 4.69) is 20.5 Å². The van der Waals surface area contributed by atoms with Gasteiger partial charge in [0.1, 0.15) is 11.6 Å². The van der Waals surface area contributed by atoms with Crippen LogP contribution in [-0.4, -0.2) is 35.1 Å². The SMILES string of the molecule is Cc1cc(Nc2ccc(NC(=O)C(C)Oc3ccccc3)cc2)nc(N2CCCCC2)n1. The first-order chi connectivity index (χ1) is 15.6. The van der Waals surface area contributed by atoms with Crippen LogP contribution in [0.5, 0.6) is 5.75 Å². The molecule has 7 nitrogen and oxygen atoms in total. The molecule has 7 heteroatoms. The number of aryl methyl sites for hydroxylation is 1. The fourth-order valence-electron chi connectivity index (χ4n) is 3.64. The lowest BCUT2D eigenvalue weighted by Crippen LogP contribution is -2.31. The molecule has 1 amide bonds. The summed E-state index contributed by atoms with van der Waals surface area (Å²) >= 11 is 0. The normalized spacial score (nSPS) is 14.5.